The Kier molecular flexibility index (Phi) is 3.25. The molecule has 0 saturated carbocycles. The maximum Gasteiger partial charge on any atom is 0.278 e. The minimum atomic E-state index is -1.14. The molecule has 1 rings (SSSR count). The van der Waals surface area contributed by atoms with E-state index in [1.807, 2.05) is 0 Å². The van der Waals surface area contributed by atoms with Crippen LogP contribution in [0.4, 0.5) is 0 Å². The summed E-state index contributed by atoms with van der Waals surface area (Å²) in [6.45, 7) is 0.856. The number of carboxylic acid groups (broad SMARTS) is 1. The standard InChI is InChI=1S/C8H14N2O3/c1-9-5-7(11)10-4-2-3-6(10)8(12)13/h6,9H,2-5H2,1H3,(H,12,13). The van der Waals surface area contributed by atoms with E-state index in [4.69, 9.17) is 0 Å². The van der Waals surface area contributed by atoms with E-state index >= 15 is 0 Å². The molecule has 1 atom stereocenters. The summed E-state index contributed by atoms with van der Waals surface area (Å²) in [6.07, 6.45) is 1.28. The van der Waals surface area contributed by atoms with Gasteiger partial charge in [0.15, 0.2) is 6.54 Å². The van der Waals surface area contributed by atoms with E-state index in [1.165, 1.54) is 4.90 Å². The number of likely N-dealkylation sites (N-methyl/N-ethyl adjacent to an activating group) is 1. The molecule has 1 saturated heterocycles. The van der Waals surface area contributed by atoms with Crippen molar-refractivity contribution in [2.45, 2.75) is 18.9 Å². The second-order valence-corrected chi connectivity index (χ2v) is 3.18. The van der Waals surface area contributed by atoms with Gasteiger partial charge in [0.1, 0.15) is 0 Å². The summed E-state index contributed by atoms with van der Waals surface area (Å²) in [6, 6.07) is -0.701. The fourth-order valence-electron chi connectivity index (χ4n) is 1.60. The highest BCUT2D eigenvalue weighted by molar-refractivity contribution is 5.83. The first-order chi connectivity index (χ1) is 6.16. The zero-order valence-corrected chi connectivity index (χ0v) is 7.66. The van der Waals surface area contributed by atoms with Gasteiger partial charge in [-0.2, -0.15) is 0 Å². The van der Waals surface area contributed by atoms with Gasteiger partial charge in [-0.15, -0.1) is 0 Å². The van der Waals surface area contributed by atoms with Gasteiger partial charge in [-0.25, -0.2) is 0 Å². The Labute approximate surface area is 76.7 Å². The van der Waals surface area contributed by atoms with Crippen LogP contribution in [-0.2, 0) is 9.59 Å². The largest absolute Gasteiger partial charge is 0.548 e. The molecule has 1 amide bonds. The predicted octanol–water partition coefficient (Wildman–Crippen LogP) is -3.08. The van der Waals surface area contributed by atoms with E-state index < -0.39 is 12.0 Å². The molecule has 1 fully saturated rings. The number of carboxylic acids is 1. The van der Waals surface area contributed by atoms with Crippen LogP contribution in [0.2, 0.25) is 0 Å². The first kappa shape index (κ1) is 9.98. The summed E-state index contributed by atoms with van der Waals surface area (Å²) >= 11 is 0. The molecule has 0 aliphatic carbocycles. The first-order valence-electron chi connectivity index (χ1n) is 4.45. The molecule has 1 aliphatic rings. The molecule has 0 aromatic carbocycles. The van der Waals surface area contributed by atoms with Gasteiger partial charge in [0.2, 0.25) is 0 Å². The number of quaternary nitrogens is 1. The number of carbonyl (C=O) groups is 2. The van der Waals surface area contributed by atoms with Gasteiger partial charge in [-0.05, 0) is 12.8 Å². The lowest BCUT2D eigenvalue weighted by molar-refractivity contribution is -0.616. The van der Waals surface area contributed by atoms with Crippen LogP contribution < -0.4 is 10.4 Å². The number of rotatable bonds is 3. The van der Waals surface area contributed by atoms with Gasteiger partial charge >= 0.3 is 0 Å². The molecular formula is C8H14N2O3. The molecule has 0 spiro atoms. The van der Waals surface area contributed by atoms with Gasteiger partial charge in [0.05, 0.1) is 19.1 Å². The van der Waals surface area contributed by atoms with Crippen molar-refractivity contribution in [1.82, 2.24) is 4.90 Å². The fraction of sp³-hybridized carbons (Fsp3) is 0.750. The normalized spacial score (nSPS) is 21.9. The van der Waals surface area contributed by atoms with E-state index in [1.54, 1.807) is 12.4 Å². The van der Waals surface area contributed by atoms with Crippen LogP contribution in [0.1, 0.15) is 12.8 Å². The smallest absolute Gasteiger partial charge is 0.278 e. The molecule has 0 aromatic heterocycles. The number of nitrogens with zero attached hydrogens (tertiary/aromatic N) is 1. The van der Waals surface area contributed by atoms with Crippen LogP contribution >= 0.6 is 0 Å². The van der Waals surface area contributed by atoms with Crippen molar-refractivity contribution in [2.24, 2.45) is 0 Å². The van der Waals surface area contributed by atoms with E-state index in [9.17, 15) is 14.7 Å². The molecule has 13 heavy (non-hydrogen) atoms. The Bertz CT molecular complexity index is 217. The third-order valence-electron chi connectivity index (χ3n) is 2.22. The molecule has 0 bridgehead atoms. The highest BCUT2D eigenvalue weighted by Gasteiger charge is 2.29. The van der Waals surface area contributed by atoms with Gasteiger partial charge in [0.25, 0.3) is 5.91 Å². The number of carbonyl (C=O) groups excluding carboxylic acids is 2. The Morgan fingerprint density at radius 1 is 1.62 bits per heavy atom. The van der Waals surface area contributed by atoms with E-state index in [-0.39, 0.29) is 5.91 Å². The number of nitrogens with two attached hydrogens (primary N) is 1. The molecule has 0 radical (unpaired) electrons. The quantitative estimate of drug-likeness (QED) is 0.508. The third kappa shape index (κ3) is 2.18. The minimum absolute atomic E-state index is 0.116. The fourth-order valence-corrected chi connectivity index (χ4v) is 1.60. The van der Waals surface area contributed by atoms with E-state index in [0.717, 1.165) is 6.42 Å². The van der Waals surface area contributed by atoms with Crippen molar-refractivity contribution in [3.8, 4) is 0 Å². The second-order valence-electron chi connectivity index (χ2n) is 3.18. The summed E-state index contributed by atoms with van der Waals surface area (Å²) in [5.41, 5.74) is 0. The molecule has 5 heteroatoms. The summed E-state index contributed by atoms with van der Waals surface area (Å²) in [5.74, 6) is -1.25. The highest BCUT2D eigenvalue weighted by atomic mass is 16.4. The molecule has 1 heterocycles. The molecule has 1 unspecified atom stereocenters. The van der Waals surface area contributed by atoms with Crippen LogP contribution in [0.5, 0.6) is 0 Å². The Hall–Kier alpha value is -1.10. The molecule has 2 N–H and O–H groups in total. The first-order valence-corrected chi connectivity index (χ1v) is 4.45. The van der Waals surface area contributed by atoms with Gasteiger partial charge in [0, 0.05) is 6.54 Å². The van der Waals surface area contributed by atoms with Crippen molar-refractivity contribution in [3.63, 3.8) is 0 Å². The predicted molar refractivity (Wildman–Crippen MR) is 42.5 cm³/mol. The highest BCUT2D eigenvalue weighted by Crippen LogP contribution is 2.15. The van der Waals surface area contributed by atoms with Crippen LogP contribution in [0, 0.1) is 0 Å². The van der Waals surface area contributed by atoms with E-state index in [0.29, 0.717) is 19.5 Å². The number of likely N-dealkylation sites (tertiary alicyclic amines) is 1. The van der Waals surface area contributed by atoms with Gasteiger partial charge < -0.3 is 20.1 Å². The van der Waals surface area contributed by atoms with Crippen LogP contribution in [0.3, 0.4) is 0 Å². The van der Waals surface area contributed by atoms with Crippen molar-refractivity contribution in [3.05, 3.63) is 0 Å². The van der Waals surface area contributed by atoms with Crippen LogP contribution in [0.15, 0.2) is 0 Å². The van der Waals surface area contributed by atoms with E-state index in [2.05, 4.69) is 0 Å². The molecule has 0 aromatic rings. The number of hydrogen-bond acceptors (Lipinski definition) is 3. The number of aliphatic carboxylic acids is 1. The Morgan fingerprint density at radius 2 is 2.31 bits per heavy atom. The maximum atomic E-state index is 11.4. The van der Waals surface area contributed by atoms with Gasteiger partial charge in [-0.3, -0.25) is 4.79 Å². The SMILES string of the molecule is C[NH2+]CC(=O)N1CCCC1C(=O)[O-]. The lowest BCUT2D eigenvalue weighted by atomic mass is 10.2. The zero-order chi connectivity index (χ0) is 9.84. The van der Waals surface area contributed by atoms with Crippen molar-refractivity contribution >= 4 is 11.9 Å². The topological polar surface area (TPSA) is 77.0 Å². The molecule has 5 nitrogen and oxygen atoms in total. The van der Waals surface area contributed by atoms with Crippen molar-refractivity contribution in [2.75, 3.05) is 20.1 Å². The summed E-state index contributed by atoms with van der Waals surface area (Å²) in [4.78, 5) is 23.4. The van der Waals surface area contributed by atoms with Crippen molar-refractivity contribution < 1.29 is 20.0 Å². The lowest BCUT2D eigenvalue weighted by Gasteiger charge is -2.24. The Balaban J connectivity index is 2.57. The number of amides is 1. The molecule has 1 aliphatic heterocycles. The number of hydrogen-bond donors (Lipinski definition) is 1. The zero-order valence-electron chi connectivity index (χ0n) is 7.66. The van der Waals surface area contributed by atoms with Crippen LogP contribution in [-0.4, -0.2) is 43.0 Å². The average molecular weight is 186 g/mol. The summed E-state index contributed by atoms with van der Waals surface area (Å²) < 4.78 is 0. The lowest BCUT2D eigenvalue weighted by Crippen LogP contribution is -2.82. The van der Waals surface area contributed by atoms with Crippen LogP contribution in [0.25, 0.3) is 0 Å². The molecule has 74 valence electrons. The minimum Gasteiger partial charge on any atom is -0.548 e. The maximum absolute atomic E-state index is 11.4. The second kappa shape index (κ2) is 4.23. The molecular weight excluding hydrogens is 172 g/mol. The summed E-state index contributed by atoms with van der Waals surface area (Å²) in [5, 5.41) is 12.3. The summed E-state index contributed by atoms with van der Waals surface area (Å²) in [7, 11) is 1.78. The third-order valence-corrected chi connectivity index (χ3v) is 2.22. The average Bonchev–Trinajstić information content (AvgIpc) is 2.52. The van der Waals surface area contributed by atoms with Gasteiger partial charge in [-0.1, -0.05) is 0 Å². The van der Waals surface area contributed by atoms with Crippen molar-refractivity contribution in [1.29, 1.82) is 0 Å². The Morgan fingerprint density at radius 3 is 2.85 bits per heavy atom. The monoisotopic (exact) mass is 186 g/mol.